The van der Waals surface area contributed by atoms with Gasteiger partial charge in [0.05, 0.1) is 18.6 Å². The van der Waals surface area contributed by atoms with Crippen LogP contribution in [0.5, 0.6) is 0 Å². The summed E-state index contributed by atoms with van der Waals surface area (Å²) in [6, 6.07) is -1.46. The molecule has 0 spiro atoms. The van der Waals surface area contributed by atoms with E-state index in [4.69, 9.17) is 10.8 Å². The van der Waals surface area contributed by atoms with Gasteiger partial charge in [0.15, 0.2) is 5.78 Å². The minimum absolute atomic E-state index is 1.12. The van der Waals surface area contributed by atoms with Crippen LogP contribution in [0.3, 0.4) is 0 Å². The van der Waals surface area contributed by atoms with Gasteiger partial charge in [-0.3, -0.25) is 9.59 Å². The van der Waals surface area contributed by atoms with Gasteiger partial charge in [0.25, 0.3) is 0 Å². The minimum atomic E-state index is -5.03. The monoisotopic (exact) mass is 213 g/mol. The molecule has 0 aliphatic carbocycles. The molecule has 0 aliphatic rings. The molecule has 2 atom stereocenters. The van der Waals surface area contributed by atoms with Gasteiger partial charge in [-0.25, -0.2) is 0 Å². The van der Waals surface area contributed by atoms with Crippen LogP contribution < -0.4 is 5.73 Å². The standard InChI is InChI=1S/C7H10F3NO3/c1-3(12)6(11)4(13)2-5(14)7(8,9)10/h3,6,12H,2,11H2,1H3/t3-,6+/m1/s1. The molecule has 0 aromatic rings. The first-order chi connectivity index (χ1) is 6.16. The Morgan fingerprint density at radius 3 is 2.14 bits per heavy atom. The molecule has 0 aliphatic heterocycles. The van der Waals surface area contributed by atoms with Gasteiger partial charge in [-0.2, -0.15) is 13.2 Å². The number of aliphatic hydroxyl groups excluding tert-OH is 1. The molecule has 0 fully saturated rings. The molecular weight excluding hydrogens is 203 g/mol. The quantitative estimate of drug-likeness (QED) is 0.633. The molecule has 0 amide bonds. The van der Waals surface area contributed by atoms with E-state index in [0.717, 1.165) is 6.92 Å². The van der Waals surface area contributed by atoms with E-state index in [9.17, 15) is 22.8 Å². The number of ketones is 2. The van der Waals surface area contributed by atoms with E-state index in [0.29, 0.717) is 0 Å². The van der Waals surface area contributed by atoms with Crippen molar-refractivity contribution in [2.75, 3.05) is 0 Å². The number of hydrogen-bond acceptors (Lipinski definition) is 4. The Bertz CT molecular complexity index is 237. The highest BCUT2D eigenvalue weighted by molar-refractivity contribution is 6.03. The maximum Gasteiger partial charge on any atom is 0.450 e. The number of nitrogens with two attached hydrogens (primary N) is 1. The fourth-order valence-corrected chi connectivity index (χ4v) is 0.645. The van der Waals surface area contributed by atoms with Crippen molar-refractivity contribution in [3.8, 4) is 0 Å². The van der Waals surface area contributed by atoms with E-state index in [2.05, 4.69) is 0 Å². The van der Waals surface area contributed by atoms with Gasteiger partial charge in [-0.1, -0.05) is 0 Å². The lowest BCUT2D eigenvalue weighted by Crippen LogP contribution is -2.42. The second-order valence-corrected chi connectivity index (χ2v) is 2.83. The van der Waals surface area contributed by atoms with Gasteiger partial charge in [0, 0.05) is 0 Å². The van der Waals surface area contributed by atoms with Crippen molar-refractivity contribution >= 4 is 11.6 Å². The molecule has 82 valence electrons. The number of carbonyl (C=O) groups excluding carboxylic acids is 2. The van der Waals surface area contributed by atoms with E-state index in [1.807, 2.05) is 0 Å². The smallest absolute Gasteiger partial charge is 0.391 e. The van der Waals surface area contributed by atoms with Gasteiger partial charge in [-0.15, -0.1) is 0 Å². The van der Waals surface area contributed by atoms with Crippen LogP contribution in [0.15, 0.2) is 0 Å². The van der Waals surface area contributed by atoms with Crippen LogP contribution in [0, 0.1) is 0 Å². The Labute approximate surface area is 77.9 Å². The van der Waals surface area contributed by atoms with Crippen LogP contribution in [-0.4, -0.2) is 35.0 Å². The third-order valence-corrected chi connectivity index (χ3v) is 1.54. The lowest BCUT2D eigenvalue weighted by atomic mass is 10.0. The van der Waals surface area contributed by atoms with Crippen LogP contribution in [-0.2, 0) is 9.59 Å². The molecule has 0 saturated heterocycles. The molecule has 7 heteroatoms. The Kier molecular flexibility index (Phi) is 4.21. The van der Waals surface area contributed by atoms with E-state index >= 15 is 0 Å². The highest BCUT2D eigenvalue weighted by Crippen LogP contribution is 2.18. The van der Waals surface area contributed by atoms with Crippen LogP contribution in [0.25, 0.3) is 0 Å². The van der Waals surface area contributed by atoms with Gasteiger partial charge in [0.2, 0.25) is 5.78 Å². The zero-order valence-corrected chi connectivity index (χ0v) is 7.34. The Morgan fingerprint density at radius 2 is 1.86 bits per heavy atom. The minimum Gasteiger partial charge on any atom is -0.391 e. The third kappa shape index (κ3) is 3.84. The molecule has 0 heterocycles. The first-order valence-electron chi connectivity index (χ1n) is 3.72. The molecule has 4 nitrogen and oxygen atoms in total. The number of carbonyl (C=O) groups is 2. The lowest BCUT2D eigenvalue weighted by molar-refractivity contribution is -0.172. The Balaban J connectivity index is 4.28. The average molecular weight is 213 g/mol. The first-order valence-corrected chi connectivity index (χ1v) is 3.72. The molecule has 0 aromatic carbocycles. The summed E-state index contributed by atoms with van der Waals surface area (Å²) in [6.07, 6.45) is -7.63. The maximum atomic E-state index is 11.7. The summed E-state index contributed by atoms with van der Waals surface area (Å²) < 4.78 is 35.0. The molecular formula is C7H10F3NO3. The predicted molar refractivity (Wildman–Crippen MR) is 40.3 cm³/mol. The van der Waals surface area contributed by atoms with E-state index < -0.39 is 36.3 Å². The summed E-state index contributed by atoms with van der Waals surface area (Å²) in [6.45, 7) is 1.15. The molecule has 0 bridgehead atoms. The predicted octanol–water partition coefficient (Wildman–Crippen LogP) is -0.215. The molecule has 14 heavy (non-hydrogen) atoms. The summed E-state index contributed by atoms with van der Waals surface area (Å²) in [5.74, 6) is -3.28. The average Bonchev–Trinajstić information content (AvgIpc) is 2.00. The number of alkyl halides is 3. The highest BCUT2D eigenvalue weighted by Gasteiger charge is 2.40. The number of hydrogen-bond donors (Lipinski definition) is 2. The van der Waals surface area contributed by atoms with Crippen LogP contribution in [0.1, 0.15) is 13.3 Å². The highest BCUT2D eigenvalue weighted by atomic mass is 19.4. The number of rotatable bonds is 4. The normalized spacial score (nSPS) is 16.1. The molecule has 0 rings (SSSR count). The first kappa shape index (κ1) is 13.1. The third-order valence-electron chi connectivity index (χ3n) is 1.54. The van der Waals surface area contributed by atoms with E-state index in [1.54, 1.807) is 0 Å². The van der Waals surface area contributed by atoms with Crippen molar-refractivity contribution in [2.24, 2.45) is 5.73 Å². The molecule has 0 unspecified atom stereocenters. The van der Waals surface area contributed by atoms with E-state index in [-0.39, 0.29) is 0 Å². The molecule has 3 N–H and O–H groups in total. The van der Waals surface area contributed by atoms with Gasteiger partial charge in [-0.05, 0) is 6.92 Å². The maximum absolute atomic E-state index is 11.7. The van der Waals surface area contributed by atoms with Crippen LogP contribution >= 0.6 is 0 Å². The fourth-order valence-electron chi connectivity index (χ4n) is 0.645. The van der Waals surface area contributed by atoms with Crippen molar-refractivity contribution < 1.29 is 27.9 Å². The summed E-state index contributed by atoms with van der Waals surface area (Å²) in [5, 5.41) is 8.77. The SMILES string of the molecule is C[C@@H](O)[C@H](N)C(=O)CC(=O)C(F)(F)F. The molecule has 0 radical (unpaired) electrons. The topological polar surface area (TPSA) is 80.4 Å². The van der Waals surface area contributed by atoms with Gasteiger partial charge in [0.1, 0.15) is 0 Å². The molecule has 0 aromatic heterocycles. The lowest BCUT2D eigenvalue weighted by Gasteiger charge is -2.13. The van der Waals surface area contributed by atoms with Crippen molar-refractivity contribution in [2.45, 2.75) is 31.7 Å². The summed E-state index contributed by atoms with van der Waals surface area (Å²) in [4.78, 5) is 21.2. The summed E-state index contributed by atoms with van der Waals surface area (Å²) >= 11 is 0. The van der Waals surface area contributed by atoms with Crippen molar-refractivity contribution in [3.05, 3.63) is 0 Å². The largest absolute Gasteiger partial charge is 0.450 e. The summed E-state index contributed by atoms with van der Waals surface area (Å²) in [5.41, 5.74) is 5.03. The zero-order chi connectivity index (χ0) is 11.5. The van der Waals surface area contributed by atoms with Crippen LogP contribution in [0.2, 0.25) is 0 Å². The van der Waals surface area contributed by atoms with Crippen molar-refractivity contribution in [1.29, 1.82) is 0 Å². The van der Waals surface area contributed by atoms with E-state index in [1.165, 1.54) is 0 Å². The fraction of sp³-hybridized carbons (Fsp3) is 0.714. The zero-order valence-electron chi connectivity index (χ0n) is 7.34. The van der Waals surface area contributed by atoms with Gasteiger partial charge < -0.3 is 10.8 Å². The Hall–Kier alpha value is -0.950. The molecule has 0 saturated carbocycles. The Morgan fingerprint density at radius 1 is 1.43 bits per heavy atom. The van der Waals surface area contributed by atoms with Crippen LogP contribution in [0.4, 0.5) is 13.2 Å². The number of Topliss-reactive ketones (excluding diaryl/α,β-unsaturated/α-hetero) is 2. The number of halogens is 3. The number of aliphatic hydroxyl groups is 1. The second-order valence-electron chi connectivity index (χ2n) is 2.83. The van der Waals surface area contributed by atoms with Crippen molar-refractivity contribution in [1.82, 2.24) is 0 Å². The van der Waals surface area contributed by atoms with Crippen molar-refractivity contribution in [3.63, 3.8) is 0 Å². The summed E-state index contributed by atoms with van der Waals surface area (Å²) in [7, 11) is 0. The van der Waals surface area contributed by atoms with Gasteiger partial charge >= 0.3 is 6.18 Å². The second kappa shape index (κ2) is 4.52.